The minimum atomic E-state index is -4.78. The van der Waals surface area contributed by atoms with Crippen LogP contribution in [0.3, 0.4) is 0 Å². The Morgan fingerprint density at radius 2 is 1.93 bits per heavy atom. The van der Waals surface area contributed by atoms with Crippen molar-refractivity contribution in [1.29, 1.82) is 0 Å². The number of hydrogen-bond donors (Lipinski definition) is 2. The molecule has 0 spiro atoms. The summed E-state index contributed by atoms with van der Waals surface area (Å²) in [4.78, 5) is 15.0. The van der Waals surface area contributed by atoms with Gasteiger partial charge in [-0.15, -0.1) is 0 Å². The lowest BCUT2D eigenvalue weighted by Crippen LogP contribution is -2.45. The predicted octanol–water partition coefficient (Wildman–Crippen LogP) is 4.47. The van der Waals surface area contributed by atoms with Crippen LogP contribution in [0.15, 0.2) is 36.4 Å². The molecule has 0 saturated heterocycles. The molecule has 0 aliphatic heterocycles. The molecular weight excluding hydrogens is 380 g/mol. The van der Waals surface area contributed by atoms with Gasteiger partial charge in [-0.3, -0.25) is 4.79 Å². The molecule has 148 valence electrons. The van der Waals surface area contributed by atoms with Crippen molar-refractivity contribution in [2.75, 3.05) is 11.9 Å². The van der Waals surface area contributed by atoms with Crippen LogP contribution in [0.2, 0.25) is 0 Å². The lowest BCUT2D eigenvalue weighted by molar-refractivity contribution is -0.137. The van der Waals surface area contributed by atoms with Gasteiger partial charge in [-0.2, -0.15) is 13.2 Å². The molecule has 0 unspecified atom stereocenters. The van der Waals surface area contributed by atoms with Gasteiger partial charge in [0.25, 0.3) is 5.91 Å². The Morgan fingerprint density at radius 1 is 1.25 bits per heavy atom. The molecule has 2 rings (SSSR count). The number of carbonyl (C=O) groups excluding carboxylic acids is 1. The highest BCUT2D eigenvalue weighted by Gasteiger charge is 2.35. The maximum atomic E-state index is 13.5. The van der Waals surface area contributed by atoms with E-state index < -0.39 is 41.4 Å². The predicted molar refractivity (Wildman–Crippen MR) is 93.6 cm³/mol. The van der Waals surface area contributed by atoms with Crippen LogP contribution in [0.1, 0.15) is 18.1 Å². The summed E-state index contributed by atoms with van der Waals surface area (Å²) >= 11 is 0. The quantitative estimate of drug-likeness (QED) is 0.579. The van der Waals surface area contributed by atoms with Gasteiger partial charge in [0, 0.05) is 11.8 Å². The third kappa shape index (κ3) is 4.98. The molecule has 1 atom stereocenters. The fourth-order valence-corrected chi connectivity index (χ4v) is 2.16. The van der Waals surface area contributed by atoms with Crippen molar-refractivity contribution in [1.82, 2.24) is 0 Å². The average molecular weight is 396 g/mol. The first-order valence-electron chi connectivity index (χ1n) is 7.95. The number of aryl methyl sites for hydroxylation is 1. The van der Waals surface area contributed by atoms with E-state index in [1.807, 2.05) is 0 Å². The summed E-state index contributed by atoms with van der Waals surface area (Å²) in [5, 5.41) is 12.4. The molecule has 0 heterocycles. The number of aliphatic hydroxyl groups is 1. The Labute approximate surface area is 158 Å². The summed E-state index contributed by atoms with van der Waals surface area (Å²) < 4.78 is 57.7. The number of halogens is 4. The molecule has 9 heteroatoms. The van der Waals surface area contributed by atoms with E-state index in [-0.39, 0.29) is 11.4 Å². The number of rotatable bonds is 5. The molecule has 0 fully saturated rings. The van der Waals surface area contributed by atoms with E-state index >= 15 is 0 Å². The molecule has 0 aliphatic rings. The molecule has 2 aromatic carbocycles. The van der Waals surface area contributed by atoms with E-state index in [0.717, 1.165) is 25.1 Å². The SMILES string of the molecule is [C-]#[N+]c1ccc(NC(=O)[C@@](C)(O)COc2ccc(C)c(F)c2)cc1C(F)(F)F. The summed E-state index contributed by atoms with van der Waals surface area (Å²) in [7, 11) is 0. The lowest BCUT2D eigenvalue weighted by Gasteiger charge is -2.23. The zero-order valence-corrected chi connectivity index (χ0v) is 14.9. The molecule has 1 amide bonds. The first-order chi connectivity index (χ1) is 12.9. The van der Waals surface area contributed by atoms with Gasteiger partial charge in [0.05, 0.1) is 12.1 Å². The zero-order valence-electron chi connectivity index (χ0n) is 14.9. The minimum Gasteiger partial charge on any atom is -0.490 e. The fraction of sp³-hybridized carbons (Fsp3) is 0.263. The molecule has 28 heavy (non-hydrogen) atoms. The monoisotopic (exact) mass is 396 g/mol. The Bertz CT molecular complexity index is 934. The lowest BCUT2D eigenvalue weighted by atomic mass is 10.1. The number of ether oxygens (including phenoxy) is 1. The van der Waals surface area contributed by atoms with E-state index in [1.165, 1.54) is 12.1 Å². The zero-order chi connectivity index (χ0) is 21.1. The van der Waals surface area contributed by atoms with Crippen molar-refractivity contribution in [3.8, 4) is 5.75 Å². The van der Waals surface area contributed by atoms with E-state index in [9.17, 15) is 27.5 Å². The minimum absolute atomic E-state index is 0.0805. The average Bonchev–Trinajstić information content (AvgIpc) is 2.62. The number of alkyl halides is 3. The van der Waals surface area contributed by atoms with Crippen molar-refractivity contribution in [3.05, 3.63) is 64.8 Å². The van der Waals surface area contributed by atoms with Crippen LogP contribution in [-0.2, 0) is 11.0 Å². The normalized spacial score (nSPS) is 13.4. The summed E-state index contributed by atoms with van der Waals surface area (Å²) in [5.41, 5.74) is -3.78. The summed E-state index contributed by atoms with van der Waals surface area (Å²) in [6, 6.07) is 6.64. The Hall–Kier alpha value is -3.12. The second kappa shape index (κ2) is 7.86. The van der Waals surface area contributed by atoms with E-state index in [0.29, 0.717) is 11.6 Å². The highest BCUT2D eigenvalue weighted by atomic mass is 19.4. The van der Waals surface area contributed by atoms with Crippen molar-refractivity contribution >= 4 is 17.3 Å². The van der Waals surface area contributed by atoms with Gasteiger partial charge in [0.2, 0.25) is 0 Å². The molecule has 5 nitrogen and oxygen atoms in total. The first-order valence-corrected chi connectivity index (χ1v) is 7.95. The number of benzene rings is 2. The van der Waals surface area contributed by atoms with Gasteiger partial charge in [-0.25, -0.2) is 9.24 Å². The van der Waals surface area contributed by atoms with Crippen molar-refractivity contribution in [2.45, 2.75) is 25.6 Å². The van der Waals surface area contributed by atoms with Crippen LogP contribution in [0.4, 0.5) is 28.9 Å². The van der Waals surface area contributed by atoms with Crippen LogP contribution < -0.4 is 10.1 Å². The molecule has 0 aliphatic carbocycles. The first kappa shape index (κ1) is 21.2. The molecule has 0 radical (unpaired) electrons. The molecule has 2 aromatic rings. The maximum Gasteiger partial charge on any atom is 0.407 e. The van der Waals surface area contributed by atoms with E-state index in [4.69, 9.17) is 11.3 Å². The molecule has 0 aromatic heterocycles. The number of amides is 1. The third-order valence-corrected chi connectivity index (χ3v) is 3.83. The number of anilines is 1. The van der Waals surface area contributed by atoms with E-state index in [2.05, 4.69) is 10.2 Å². The number of nitrogens with zero attached hydrogens (tertiary/aromatic N) is 1. The second-order valence-electron chi connectivity index (χ2n) is 6.27. The van der Waals surface area contributed by atoms with Gasteiger partial charge in [-0.05, 0) is 37.6 Å². The van der Waals surface area contributed by atoms with Crippen LogP contribution >= 0.6 is 0 Å². The van der Waals surface area contributed by atoms with Gasteiger partial charge < -0.3 is 15.2 Å². The second-order valence-corrected chi connectivity index (χ2v) is 6.27. The van der Waals surface area contributed by atoms with Gasteiger partial charge in [0.1, 0.15) is 18.2 Å². The summed E-state index contributed by atoms with van der Waals surface area (Å²) in [6.45, 7) is 8.89. The molecule has 2 N–H and O–H groups in total. The van der Waals surface area contributed by atoms with Gasteiger partial charge >= 0.3 is 6.18 Å². The smallest absolute Gasteiger partial charge is 0.407 e. The topological polar surface area (TPSA) is 62.9 Å². The van der Waals surface area contributed by atoms with Crippen molar-refractivity contribution < 1.29 is 32.2 Å². The largest absolute Gasteiger partial charge is 0.490 e. The highest BCUT2D eigenvalue weighted by Crippen LogP contribution is 2.38. The summed E-state index contributed by atoms with van der Waals surface area (Å²) in [6.07, 6.45) is -4.78. The van der Waals surface area contributed by atoms with Crippen LogP contribution in [-0.4, -0.2) is 23.2 Å². The Morgan fingerprint density at radius 3 is 2.50 bits per heavy atom. The molecule has 0 saturated carbocycles. The summed E-state index contributed by atoms with van der Waals surface area (Å²) in [5.74, 6) is -1.47. The standard InChI is InChI=1S/C19H16F4N2O3/c1-11-4-6-13(9-15(11)20)28-10-18(2,27)17(26)25-12-5-7-16(24-3)14(8-12)19(21,22)23/h4-9,27H,10H2,1-2H3,(H,25,26)/t18-/m0/s1. The van der Waals surface area contributed by atoms with Gasteiger partial charge in [-0.1, -0.05) is 12.1 Å². The van der Waals surface area contributed by atoms with Crippen molar-refractivity contribution in [3.63, 3.8) is 0 Å². The van der Waals surface area contributed by atoms with Crippen LogP contribution in [0.5, 0.6) is 5.75 Å². The number of carbonyl (C=O) groups is 1. The van der Waals surface area contributed by atoms with Crippen molar-refractivity contribution in [2.24, 2.45) is 0 Å². The number of hydrogen-bond acceptors (Lipinski definition) is 3. The third-order valence-electron chi connectivity index (χ3n) is 3.83. The molecule has 0 bridgehead atoms. The fourth-order valence-electron chi connectivity index (χ4n) is 2.16. The maximum absolute atomic E-state index is 13.5. The molecular formula is C19H16F4N2O3. The van der Waals surface area contributed by atoms with Gasteiger partial charge in [0.15, 0.2) is 11.3 Å². The Balaban J connectivity index is 2.12. The van der Waals surface area contributed by atoms with Crippen LogP contribution in [0, 0.1) is 19.3 Å². The van der Waals surface area contributed by atoms with Crippen LogP contribution in [0.25, 0.3) is 4.85 Å². The number of nitrogens with one attached hydrogen (secondary N) is 1. The highest BCUT2D eigenvalue weighted by molar-refractivity contribution is 5.97. The van der Waals surface area contributed by atoms with E-state index in [1.54, 1.807) is 6.92 Å². The Kier molecular flexibility index (Phi) is 5.95.